The molecule has 0 saturated heterocycles. The van der Waals surface area contributed by atoms with Crippen LogP contribution < -0.4 is 0 Å². The van der Waals surface area contributed by atoms with Crippen molar-refractivity contribution in [1.82, 2.24) is 0 Å². The Hall–Kier alpha value is -1.12. The zero-order valence-corrected chi connectivity index (χ0v) is 8.27. The van der Waals surface area contributed by atoms with Crippen LogP contribution in [0.5, 0.6) is 0 Å². The molecule has 0 amide bonds. The third-order valence-corrected chi connectivity index (χ3v) is 1.83. The SMILES string of the molecule is Cc1cc(C(=O)C(C)(C)F)c(C)o1. The van der Waals surface area contributed by atoms with Crippen molar-refractivity contribution in [2.24, 2.45) is 0 Å². The van der Waals surface area contributed by atoms with E-state index in [0.29, 0.717) is 17.1 Å². The highest BCUT2D eigenvalue weighted by atomic mass is 19.1. The van der Waals surface area contributed by atoms with Gasteiger partial charge < -0.3 is 4.42 Å². The van der Waals surface area contributed by atoms with Crippen molar-refractivity contribution in [2.45, 2.75) is 33.4 Å². The van der Waals surface area contributed by atoms with Crippen LogP contribution in [-0.2, 0) is 0 Å². The topological polar surface area (TPSA) is 30.2 Å². The number of hydrogen-bond acceptors (Lipinski definition) is 2. The Morgan fingerprint density at radius 2 is 2.00 bits per heavy atom. The summed E-state index contributed by atoms with van der Waals surface area (Å²) in [4.78, 5) is 11.5. The highest BCUT2D eigenvalue weighted by Gasteiger charge is 2.30. The molecule has 1 rings (SSSR count). The lowest BCUT2D eigenvalue weighted by atomic mass is 9.99. The molecule has 0 aliphatic carbocycles. The van der Waals surface area contributed by atoms with Gasteiger partial charge in [-0.1, -0.05) is 0 Å². The van der Waals surface area contributed by atoms with Gasteiger partial charge in [0.25, 0.3) is 0 Å². The second-order valence-corrected chi connectivity index (χ2v) is 3.63. The molecule has 0 radical (unpaired) electrons. The fraction of sp³-hybridized carbons (Fsp3) is 0.500. The highest BCUT2D eigenvalue weighted by molar-refractivity contribution is 6.02. The Morgan fingerprint density at radius 1 is 1.46 bits per heavy atom. The molecule has 0 spiro atoms. The number of rotatable bonds is 2. The van der Waals surface area contributed by atoms with E-state index >= 15 is 0 Å². The molecule has 1 heterocycles. The predicted molar refractivity (Wildman–Crippen MR) is 47.7 cm³/mol. The highest BCUT2D eigenvalue weighted by Crippen LogP contribution is 2.22. The Kier molecular flexibility index (Phi) is 2.28. The minimum absolute atomic E-state index is 0.338. The van der Waals surface area contributed by atoms with Gasteiger partial charge in [0.2, 0.25) is 5.78 Å². The number of alkyl halides is 1. The monoisotopic (exact) mass is 184 g/mol. The molecule has 1 aromatic heterocycles. The third-order valence-electron chi connectivity index (χ3n) is 1.83. The molecule has 3 heteroatoms. The molecule has 0 N–H and O–H groups in total. The summed E-state index contributed by atoms with van der Waals surface area (Å²) in [5.41, 5.74) is -1.49. The van der Waals surface area contributed by atoms with Gasteiger partial charge >= 0.3 is 0 Å². The molecule has 72 valence electrons. The molecule has 0 aromatic carbocycles. The van der Waals surface area contributed by atoms with Gasteiger partial charge in [-0.25, -0.2) is 4.39 Å². The van der Waals surface area contributed by atoms with Gasteiger partial charge in [0.05, 0.1) is 5.56 Å². The number of furan rings is 1. The van der Waals surface area contributed by atoms with Gasteiger partial charge in [0.1, 0.15) is 11.5 Å². The first-order valence-corrected chi connectivity index (χ1v) is 4.13. The second-order valence-electron chi connectivity index (χ2n) is 3.63. The van der Waals surface area contributed by atoms with Crippen molar-refractivity contribution in [3.63, 3.8) is 0 Å². The summed E-state index contributed by atoms with van der Waals surface area (Å²) >= 11 is 0. The average molecular weight is 184 g/mol. The molecule has 0 atom stereocenters. The Balaban J connectivity index is 3.09. The molecule has 2 nitrogen and oxygen atoms in total. The fourth-order valence-electron chi connectivity index (χ4n) is 1.18. The first-order chi connectivity index (χ1) is 5.82. The van der Waals surface area contributed by atoms with E-state index in [9.17, 15) is 9.18 Å². The molecule has 13 heavy (non-hydrogen) atoms. The lowest BCUT2D eigenvalue weighted by molar-refractivity contribution is 0.0758. The lowest BCUT2D eigenvalue weighted by Crippen LogP contribution is -2.26. The first-order valence-electron chi connectivity index (χ1n) is 4.13. The van der Waals surface area contributed by atoms with E-state index in [2.05, 4.69) is 0 Å². The van der Waals surface area contributed by atoms with Crippen LogP contribution in [-0.4, -0.2) is 11.5 Å². The smallest absolute Gasteiger partial charge is 0.202 e. The van der Waals surface area contributed by atoms with E-state index in [-0.39, 0.29) is 0 Å². The van der Waals surface area contributed by atoms with E-state index in [1.807, 2.05) is 0 Å². The van der Waals surface area contributed by atoms with Crippen LogP contribution in [0.15, 0.2) is 10.5 Å². The van der Waals surface area contributed by atoms with E-state index in [0.717, 1.165) is 0 Å². The maximum atomic E-state index is 13.3. The summed E-state index contributed by atoms with van der Waals surface area (Å²) in [6.07, 6.45) is 0. The van der Waals surface area contributed by atoms with Gasteiger partial charge in [-0.15, -0.1) is 0 Å². The zero-order chi connectivity index (χ0) is 10.2. The van der Waals surface area contributed by atoms with E-state index < -0.39 is 11.5 Å². The molecule has 0 fully saturated rings. The second kappa shape index (κ2) is 2.98. The number of carbonyl (C=O) groups excluding carboxylic acids is 1. The van der Waals surface area contributed by atoms with Crippen LogP contribution in [0.4, 0.5) is 4.39 Å². The van der Waals surface area contributed by atoms with Crippen molar-refractivity contribution < 1.29 is 13.6 Å². The standard InChI is InChI=1S/C10H13FO2/c1-6-5-8(7(2)13-6)9(12)10(3,4)11/h5H,1-4H3. The number of Topliss-reactive ketones (excluding diaryl/α,β-unsaturated/α-hetero) is 1. The third kappa shape index (κ3) is 1.97. The molecule has 0 saturated carbocycles. The quantitative estimate of drug-likeness (QED) is 0.661. The number of ketones is 1. The van der Waals surface area contributed by atoms with Crippen molar-refractivity contribution in [1.29, 1.82) is 0 Å². The minimum atomic E-state index is -1.83. The molecule has 0 aliphatic heterocycles. The lowest BCUT2D eigenvalue weighted by Gasteiger charge is -2.10. The van der Waals surface area contributed by atoms with Crippen molar-refractivity contribution in [3.8, 4) is 0 Å². The maximum absolute atomic E-state index is 13.3. The van der Waals surface area contributed by atoms with Gasteiger partial charge in [-0.2, -0.15) is 0 Å². The molecule has 0 bridgehead atoms. The van der Waals surface area contributed by atoms with Gasteiger partial charge in [0.15, 0.2) is 5.67 Å². The van der Waals surface area contributed by atoms with Crippen LogP contribution in [0.2, 0.25) is 0 Å². The summed E-state index contributed by atoms with van der Waals surface area (Å²) in [6.45, 7) is 5.88. The molecule has 0 unspecified atom stereocenters. The Labute approximate surface area is 76.7 Å². The molecular weight excluding hydrogens is 171 g/mol. The number of hydrogen-bond donors (Lipinski definition) is 0. The van der Waals surface area contributed by atoms with Crippen LogP contribution in [0.1, 0.15) is 35.7 Å². The minimum Gasteiger partial charge on any atom is -0.466 e. The Morgan fingerprint density at radius 3 is 2.31 bits per heavy atom. The normalized spacial score (nSPS) is 11.8. The van der Waals surface area contributed by atoms with Crippen molar-refractivity contribution in [3.05, 3.63) is 23.2 Å². The summed E-state index contributed by atoms with van der Waals surface area (Å²) in [6, 6.07) is 1.57. The fourth-order valence-corrected chi connectivity index (χ4v) is 1.18. The summed E-state index contributed by atoms with van der Waals surface area (Å²) in [7, 11) is 0. The predicted octanol–water partition coefficient (Wildman–Crippen LogP) is 2.83. The van der Waals surface area contributed by atoms with Crippen LogP contribution >= 0.6 is 0 Å². The number of aryl methyl sites for hydroxylation is 2. The molecule has 1 aromatic rings. The van der Waals surface area contributed by atoms with Gasteiger partial charge in [-0.3, -0.25) is 4.79 Å². The summed E-state index contributed by atoms with van der Waals surface area (Å²) in [5, 5.41) is 0. The van der Waals surface area contributed by atoms with Crippen LogP contribution in [0.3, 0.4) is 0 Å². The number of carbonyl (C=O) groups is 1. The van der Waals surface area contributed by atoms with Gasteiger partial charge in [0, 0.05) is 0 Å². The zero-order valence-electron chi connectivity index (χ0n) is 8.27. The van der Waals surface area contributed by atoms with Crippen LogP contribution in [0, 0.1) is 13.8 Å². The molecule has 0 aliphatic rings. The number of halogens is 1. The average Bonchev–Trinajstić information content (AvgIpc) is 2.26. The summed E-state index contributed by atoms with van der Waals surface area (Å²) in [5.74, 6) is 0.583. The van der Waals surface area contributed by atoms with E-state index in [1.54, 1.807) is 19.9 Å². The van der Waals surface area contributed by atoms with Crippen molar-refractivity contribution >= 4 is 5.78 Å². The van der Waals surface area contributed by atoms with E-state index in [4.69, 9.17) is 4.42 Å². The maximum Gasteiger partial charge on any atom is 0.202 e. The largest absolute Gasteiger partial charge is 0.466 e. The van der Waals surface area contributed by atoms with E-state index in [1.165, 1.54) is 13.8 Å². The van der Waals surface area contributed by atoms with Crippen molar-refractivity contribution in [2.75, 3.05) is 0 Å². The molecular formula is C10H13FO2. The Bertz CT molecular complexity index is 331. The summed E-state index contributed by atoms with van der Waals surface area (Å²) < 4.78 is 18.4. The first kappa shape index (κ1) is 9.96. The van der Waals surface area contributed by atoms with Gasteiger partial charge in [-0.05, 0) is 33.8 Å². The van der Waals surface area contributed by atoms with Crippen LogP contribution in [0.25, 0.3) is 0 Å².